The van der Waals surface area contributed by atoms with Gasteiger partial charge in [0.25, 0.3) is 0 Å². The van der Waals surface area contributed by atoms with Crippen LogP contribution in [0.5, 0.6) is 0 Å². The summed E-state index contributed by atoms with van der Waals surface area (Å²) in [5.41, 5.74) is -0.183. The van der Waals surface area contributed by atoms with Crippen LogP contribution in [-0.4, -0.2) is 30.5 Å². The van der Waals surface area contributed by atoms with Crippen molar-refractivity contribution in [2.45, 2.75) is 25.8 Å². The van der Waals surface area contributed by atoms with Gasteiger partial charge in [0.1, 0.15) is 0 Å². The molecule has 1 aliphatic heterocycles. The molecule has 13 heavy (non-hydrogen) atoms. The third kappa shape index (κ3) is 2.85. The van der Waals surface area contributed by atoms with Crippen molar-refractivity contribution in [2.24, 2.45) is 5.92 Å². The monoisotopic (exact) mass is 205 g/mol. The van der Waals surface area contributed by atoms with Gasteiger partial charge < -0.3 is 10.1 Å². The van der Waals surface area contributed by atoms with Gasteiger partial charge in [-0.3, -0.25) is 4.79 Å². The highest BCUT2D eigenvalue weighted by Crippen LogP contribution is 2.18. The number of carbonyl (C=O) groups excluding carboxylic acids is 1. The summed E-state index contributed by atoms with van der Waals surface area (Å²) in [5.74, 6) is 0.255. The molecule has 4 heteroatoms. The van der Waals surface area contributed by atoms with Crippen LogP contribution in [0.2, 0.25) is 0 Å². The molecule has 76 valence electrons. The lowest BCUT2D eigenvalue weighted by Gasteiger charge is -2.25. The van der Waals surface area contributed by atoms with E-state index in [1.165, 1.54) is 0 Å². The Bertz CT molecular complexity index is 190. The molecule has 1 amide bonds. The second-order valence-corrected chi connectivity index (χ2v) is 4.22. The van der Waals surface area contributed by atoms with Gasteiger partial charge in [-0.25, -0.2) is 0 Å². The van der Waals surface area contributed by atoms with Crippen LogP contribution in [0.1, 0.15) is 20.3 Å². The van der Waals surface area contributed by atoms with Gasteiger partial charge in [-0.15, -0.1) is 11.6 Å². The minimum Gasteiger partial charge on any atom is -0.379 e. The number of carbonyl (C=O) groups is 1. The van der Waals surface area contributed by atoms with Crippen LogP contribution in [0.4, 0.5) is 0 Å². The van der Waals surface area contributed by atoms with Gasteiger partial charge in [-0.2, -0.15) is 0 Å². The van der Waals surface area contributed by atoms with Gasteiger partial charge in [0, 0.05) is 18.4 Å². The number of halogens is 1. The molecule has 0 aromatic rings. The van der Waals surface area contributed by atoms with Crippen LogP contribution in [0, 0.1) is 5.92 Å². The molecule has 0 aromatic heterocycles. The normalized spacial score (nSPS) is 30.1. The van der Waals surface area contributed by atoms with Gasteiger partial charge in [0.2, 0.25) is 5.91 Å². The molecular formula is C9H16ClNO2. The Morgan fingerprint density at radius 1 is 1.77 bits per heavy atom. The van der Waals surface area contributed by atoms with E-state index in [4.69, 9.17) is 16.3 Å². The SMILES string of the molecule is CC(CCl)C(=O)NC1(C)CCOC1. The van der Waals surface area contributed by atoms with Crippen LogP contribution in [-0.2, 0) is 9.53 Å². The van der Waals surface area contributed by atoms with Gasteiger partial charge in [0.15, 0.2) is 0 Å². The zero-order valence-corrected chi connectivity index (χ0v) is 8.86. The first-order valence-corrected chi connectivity index (χ1v) is 5.06. The number of hydrogen-bond donors (Lipinski definition) is 1. The molecule has 1 rings (SSSR count). The average Bonchev–Trinajstić information content (AvgIpc) is 2.50. The highest BCUT2D eigenvalue weighted by atomic mass is 35.5. The zero-order valence-electron chi connectivity index (χ0n) is 8.10. The van der Waals surface area contributed by atoms with E-state index < -0.39 is 0 Å². The Labute approximate surface area is 83.8 Å². The number of hydrogen-bond acceptors (Lipinski definition) is 2. The highest BCUT2D eigenvalue weighted by Gasteiger charge is 2.32. The lowest BCUT2D eigenvalue weighted by molar-refractivity contribution is -0.125. The van der Waals surface area contributed by atoms with Crippen molar-refractivity contribution in [2.75, 3.05) is 19.1 Å². The molecule has 1 heterocycles. The van der Waals surface area contributed by atoms with Crippen LogP contribution in [0.3, 0.4) is 0 Å². The fourth-order valence-electron chi connectivity index (χ4n) is 1.26. The predicted octanol–water partition coefficient (Wildman–Crippen LogP) is 1.16. The molecule has 1 saturated heterocycles. The average molecular weight is 206 g/mol. The summed E-state index contributed by atoms with van der Waals surface area (Å²) in [6.45, 7) is 5.15. The van der Waals surface area contributed by atoms with E-state index in [0.717, 1.165) is 13.0 Å². The van der Waals surface area contributed by atoms with Crippen molar-refractivity contribution < 1.29 is 9.53 Å². The summed E-state index contributed by atoms with van der Waals surface area (Å²) >= 11 is 5.59. The minimum absolute atomic E-state index is 0.0167. The van der Waals surface area contributed by atoms with E-state index in [1.54, 1.807) is 0 Å². The standard InChI is InChI=1S/C9H16ClNO2/c1-7(5-10)8(12)11-9(2)3-4-13-6-9/h7H,3-6H2,1-2H3,(H,11,12). The highest BCUT2D eigenvalue weighted by molar-refractivity contribution is 6.19. The maximum absolute atomic E-state index is 11.5. The van der Waals surface area contributed by atoms with Crippen molar-refractivity contribution in [3.63, 3.8) is 0 Å². The number of rotatable bonds is 3. The van der Waals surface area contributed by atoms with Crippen molar-refractivity contribution in [3.05, 3.63) is 0 Å². The van der Waals surface area contributed by atoms with E-state index in [1.807, 2.05) is 13.8 Å². The van der Waals surface area contributed by atoms with Gasteiger partial charge >= 0.3 is 0 Å². The van der Waals surface area contributed by atoms with Gasteiger partial charge in [0.05, 0.1) is 12.1 Å². The predicted molar refractivity (Wildman–Crippen MR) is 51.9 cm³/mol. The topological polar surface area (TPSA) is 38.3 Å². The van der Waals surface area contributed by atoms with Gasteiger partial charge in [-0.1, -0.05) is 6.92 Å². The summed E-state index contributed by atoms with van der Waals surface area (Å²) in [6, 6.07) is 0. The summed E-state index contributed by atoms with van der Waals surface area (Å²) in [6.07, 6.45) is 0.883. The second kappa shape index (κ2) is 4.29. The van der Waals surface area contributed by atoms with E-state index in [-0.39, 0.29) is 17.4 Å². The van der Waals surface area contributed by atoms with Crippen molar-refractivity contribution in [1.82, 2.24) is 5.32 Å². The van der Waals surface area contributed by atoms with Crippen LogP contribution >= 0.6 is 11.6 Å². The Balaban J connectivity index is 2.43. The zero-order chi connectivity index (χ0) is 9.90. The maximum Gasteiger partial charge on any atom is 0.224 e. The van der Waals surface area contributed by atoms with Gasteiger partial charge in [-0.05, 0) is 13.3 Å². The third-order valence-corrected chi connectivity index (χ3v) is 2.79. The van der Waals surface area contributed by atoms with Crippen LogP contribution in [0.25, 0.3) is 0 Å². The molecule has 1 aliphatic rings. The number of amides is 1. The minimum atomic E-state index is -0.183. The summed E-state index contributed by atoms with van der Waals surface area (Å²) < 4.78 is 5.23. The van der Waals surface area contributed by atoms with Crippen molar-refractivity contribution >= 4 is 17.5 Å². The smallest absolute Gasteiger partial charge is 0.224 e. The summed E-state index contributed by atoms with van der Waals surface area (Å²) in [5, 5.41) is 2.96. The number of alkyl halides is 1. The first kappa shape index (κ1) is 10.8. The first-order valence-electron chi connectivity index (χ1n) is 4.53. The Hall–Kier alpha value is -0.280. The second-order valence-electron chi connectivity index (χ2n) is 3.91. The van der Waals surface area contributed by atoms with Crippen LogP contribution < -0.4 is 5.32 Å². The van der Waals surface area contributed by atoms with E-state index in [0.29, 0.717) is 12.5 Å². The first-order chi connectivity index (χ1) is 6.07. The summed E-state index contributed by atoms with van der Waals surface area (Å²) in [4.78, 5) is 11.5. The largest absolute Gasteiger partial charge is 0.379 e. The Morgan fingerprint density at radius 2 is 2.46 bits per heavy atom. The molecule has 0 aromatic carbocycles. The molecule has 0 spiro atoms. The lowest BCUT2D eigenvalue weighted by atomic mass is 10.0. The third-order valence-electron chi connectivity index (χ3n) is 2.32. The lowest BCUT2D eigenvalue weighted by Crippen LogP contribution is -2.48. The summed E-state index contributed by atoms with van der Waals surface area (Å²) in [7, 11) is 0. The fourth-order valence-corrected chi connectivity index (χ4v) is 1.40. The molecule has 0 radical (unpaired) electrons. The molecule has 1 fully saturated rings. The molecule has 2 atom stereocenters. The van der Waals surface area contributed by atoms with E-state index in [2.05, 4.69) is 5.32 Å². The number of ether oxygens (including phenoxy) is 1. The number of nitrogens with one attached hydrogen (secondary N) is 1. The van der Waals surface area contributed by atoms with Crippen molar-refractivity contribution in [3.8, 4) is 0 Å². The Kier molecular flexibility index (Phi) is 3.56. The fraction of sp³-hybridized carbons (Fsp3) is 0.889. The molecule has 2 unspecified atom stereocenters. The Morgan fingerprint density at radius 3 is 2.92 bits per heavy atom. The molecule has 0 saturated carbocycles. The molecule has 0 aliphatic carbocycles. The van der Waals surface area contributed by atoms with Crippen molar-refractivity contribution in [1.29, 1.82) is 0 Å². The van der Waals surface area contributed by atoms with Crippen LogP contribution in [0.15, 0.2) is 0 Å². The molecule has 1 N–H and O–H groups in total. The quantitative estimate of drug-likeness (QED) is 0.703. The molecule has 0 bridgehead atoms. The molecule has 3 nitrogen and oxygen atoms in total. The van der Waals surface area contributed by atoms with E-state index in [9.17, 15) is 4.79 Å². The maximum atomic E-state index is 11.5. The molecular weight excluding hydrogens is 190 g/mol. The van der Waals surface area contributed by atoms with E-state index >= 15 is 0 Å².